The molecule has 2 atom stereocenters. The van der Waals surface area contributed by atoms with Gasteiger partial charge in [-0.3, -0.25) is 9.79 Å². The standard InChI is InChI=1S/C20H29ClN4O2/c1-22-20(23-14-16-5-3-7-18(16)26)25-10-8-24(9-11-25)19(27)13-15-4-2-6-17(21)12-15/h2,4,6,12,16,18,26H,3,5,7-11,13-14H2,1H3,(H,22,23). The number of guanidine groups is 1. The molecule has 2 unspecified atom stereocenters. The van der Waals surface area contributed by atoms with Crippen LogP contribution < -0.4 is 5.32 Å². The molecule has 1 heterocycles. The Kier molecular flexibility index (Phi) is 6.96. The Morgan fingerprint density at radius 2 is 2.00 bits per heavy atom. The fraction of sp³-hybridized carbons (Fsp3) is 0.600. The smallest absolute Gasteiger partial charge is 0.227 e. The molecule has 2 fully saturated rings. The summed E-state index contributed by atoms with van der Waals surface area (Å²) in [6.45, 7) is 3.64. The Labute approximate surface area is 166 Å². The number of hydrogen-bond acceptors (Lipinski definition) is 3. The van der Waals surface area contributed by atoms with Gasteiger partial charge in [-0.2, -0.15) is 0 Å². The van der Waals surface area contributed by atoms with Gasteiger partial charge in [0.1, 0.15) is 0 Å². The van der Waals surface area contributed by atoms with Crippen LogP contribution in [-0.4, -0.2) is 72.6 Å². The number of carbonyl (C=O) groups excluding carboxylic acids is 1. The Bertz CT molecular complexity index is 674. The summed E-state index contributed by atoms with van der Waals surface area (Å²) in [4.78, 5) is 21.0. The number of benzene rings is 1. The van der Waals surface area contributed by atoms with Crippen LogP contribution >= 0.6 is 11.6 Å². The molecule has 27 heavy (non-hydrogen) atoms. The van der Waals surface area contributed by atoms with Gasteiger partial charge in [0.15, 0.2) is 5.96 Å². The van der Waals surface area contributed by atoms with Gasteiger partial charge in [-0.05, 0) is 30.5 Å². The lowest BCUT2D eigenvalue weighted by Crippen LogP contribution is -2.54. The molecule has 1 aromatic carbocycles. The molecule has 1 aromatic rings. The largest absolute Gasteiger partial charge is 0.393 e. The monoisotopic (exact) mass is 392 g/mol. The predicted octanol–water partition coefficient (Wildman–Crippen LogP) is 1.76. The van der Waals surface area contributed by atoms with Crippen molar-refractivity contribution < 1.29 is 9.90 Å². The fourth-order valence-corrected chi connectivity index (χ4v) is 4.12. The summed E-state index contributed by atoms with van der Waals surface area (Å²) in [5.41, 5.74) is 0.947. The molecule has 1 amide bonds. The van der Waals surface area contributed by atoms with E-state index in [0.29, 0.717) is 30.5 Å². The fourth-order valence-electron chi connectivity index (χ4n) is 3.91. The van der Waals surface area contributed by atoms with Crippen molar-refractivity contribution in [2.24, 2.45) is 10.9 Å². The molecular formula is C20H29ClN4O2. The minimum Gasteiger partial charge on any atom is -0.393 e. The molecule has 1 saturated heterocycles. The third-order valence-electron chi connectivity index (χ3n) is 5.53. The number of hydrogen-bond donors (Lipinski definition) is 2. The van der Waals surface area contributed by atoms with Crippen LogP contribution in [0.2, 0.25) is 5.02 Å². The zero-order valence-corrected chi connectivity index (χ0v) is 16.7. The Hall–Kier alpha value is -1.79. The maximum Gasteiger partial charge on any atom is 0.227 e. The minimum atomic E-state index is -0.198. The van der Waals surface area contributed by atoms with E-state index >= 15 is 0 Å². The summed E-state index contributed by atoms with van der Waals surface area (Å²) < 4.78 is 0. The lowest BCUT2D eigenvalue weighted by Gasteiger charge is -2.37. The molecule has 3 rings (SSSR count). The molecule has 7 heteroatoms. The van der Waals surface area contributed by atoms with Crippen molar-refractivity contribution in [3.63, 3.8) is 0 Å². The van der Waals surface area contributed by atoms with E-state index in [0.717, 1.165) is 50.4 Å². The second kappa shape index (κ2) is 9.42. The van der Waals surface area contributed by atoms with Crippen molar-refractivity contribution in [2.75, 3.05) is 39.8 Å². The van der Waals surface area contributed by atoms with Crippen LogP contribution in [0.15, 0.2) is 29.3 Å². The third kappa shape index (κ3) is 5.36. The van der Waals surface area contributed by atoms with Gasteiger partial charge >= 0.3 is 0 Å². The highest BCUT2D eigenvalue weighted by atomic mass is 35.5. The van der Waals surface area contributed by atoms with Gasteiger partial charge in [-0.25, -0.2) is 0 Å². The van der Waals surface area contributed by atoms with E-state index in [2.05, 4.69) is 15.2 Å². The van der Waals surface area contributed by atoms with Crippen LogP contribution in [-0.2, 0) is 11.2 Å². The average Bonchev–Trinajstić information content (AvgIpc) is 3.08. The zero-order chi connectivity index (χ0) is 19.2. The summed E-state index contributed by atoms with van der Waals surface area (Å²) in [6.07, 6.45) is 3.25. The second-order valence-electron chi connectivity index (χ2n) is 7.36. The van der Waals surface area contributed by atoms with Crippen LogP contribution in [0.1, 0.15) is 24.8 Å². The van der Waals surface area contributed by atoms with Crippen molar-refractivity contribution >= 4 is 23.5 Å². The van der Waals surface area contributed by atoms with E-state index in [1.54, 1.807) is 7.05 Å². The van der Waals surface area contributed by atoms with Gasteiger partial charge < -0.3 is 20.2 Å². The van der Waals surface area contributed by atoms with Crippen LogP contribution in [0, 0.1) is 5.92 Å². The normalized spacial score (nSPS) is 23.6. The first-order chi connectivity index (χ1) is 13.1. The Morgan fingerprint density at radius 1 is 1.26 bits per heavy atom. The van der Waals surface area contributed by atoms with E-state index < -0.39 is 0 Å². The van der Waals surface area contributed by atoms with Crippen LogP contribution in [0.4, 0.5) is 0 Å². The van der Waals surface area contributed by atoms with Crippen molar-refractivity contribution in [3.8, 4) is 0 Å². The molecule has 6 nitrogen and oxygen atoms in total. The molecule has 2 aliphatic rings. The molecule has 1 saturated carbocycles. The lowest BCUT2D eigenvalue weighted by atomic mass is 10.1. The van der Waals surface area contributed by atoms with Crippen molar-refractivity contribution in [1.82, 2.24) is 15.1 Å². The topological polar surface area (TPSA) is 68.2 Å². The maximum atomic E-state index is 12.6. The van der Waals surface area contributed by atoms with Crippen LogP contribution in [0.25, 0.3) is 0 Å². The minimum absolute atomic E-state index is 0.133. The van der Waals surface area contributed by atoms with E-state index in [9.17, 15) is 9.90 Å². The molecule has 0 radical (unpaired) electrons. The average molecular weight is 393 g/mol. The number of amides is 1. The van der Waals surface area contributed by atoms with E-state index in [-0.39, 0.29) is 12.0 Å². The highest BCUT2D eigenvalue weighted by Gasteiger charge is 2.27. The first-order valence-corrected chi connectivity index (χ1v) is 10.1. The Morgan fingerprint density at radius 3 is 2.63 bits per heavy atom. The number of rotatable bonds is 4. The molecule has 1 aliphatic heterocycles. The first-order valence-electron chi connectivity index (χ1n) is 9.72. The van der Waals surface area contributed by atoms with Gasteiger partial charge in [-0.15, -0.1) is 0 Å². The number of halogens is 1. The van der Waals surface area contributed by atoms with Crippen LogP contribution in [0.5, 0.6) is 0 Å². The van der Waals surface area contributed by atoms with E-state index in [4.69, 9.17) is 11.6 Å². The molecule has 2 N–H and O–H groups in total. The number of aliphatic hydroxyl groups excluding tert-OH is 1. The number of piperazine rings is 1. The van der Waals surface area contributed by atoms with Gasteiger partial charge in [0.05, 0.1) is 12.5 Å². The number of nitrogens with zero attached hydrogens (tertiary/aromatic N) is 3. The van der Waals surface area contributed by atoms with E-state index in [1.165, 1.54) is 0 Å². The molecule has 1 aliphatic carbocycles. The summed E-state index contributed by atoms with van der Waals surface area (Å²) >= 11 is 6.00. The third-order valence-corrected chi connectivity index (χ3v) is 5.76. The van der Waals surface area contributed by atoms with Crippen molar-refractivity contribution in [3.05, 3.63) is 34.9 Å². The van der Waals surface area contributed by atoms with Gasteiger partial charge in [-0.1, -0.05) is 30.2 Å². The quantitative estimate of drug-likeness (QED) is 0.605. The molecular weight excluding hydrogens is 364 g/mol. The number of nitrogens with one attached hydrogen (secondary N) is 1. The maximum absolute atomic E-state index is 12.6. The SMILES string of the molecule is CN=C(NCC1CCCC1O)N1CCN(C(=O)Cc2cccc(Cl)c2)CC1. The summed E-state index contributed by atoms with van der Waals surface area (Å²) in [5.74, 6) is 1.30. The first kappa shape index (κ1) is 20.0. The van der Waals surface area contributed by atoms with Crippen LogP contribution in [0.3, 0.4) is 0 Å². The number of aliphatic imine (C=N–C) groups is 1. The number of carbonyl (C=O) groups is 1. The van der Waals surface area contributed by atoms with Gasteiger partial charge in [0.2, 0.25) is 5.91 Å². The van der Waals surface area contributed by atoms with E-state index in [1.807, 2.05) is 29.2 Å². The Balaban J connectivity index is 1.46. The number of aliphatic hydroxyl groups is 1. The molecule has 0 bridgehead atoms. The lowest BCUT2D eigenvalue weighted by molar-refractivity contribution is -0.131. The summed E-state index contributed by atoms with van der Waals surface area (Å²) in [5, 5.41) is 14.0. The predicted molar refractivity (Wildman–Crippen MR) is 108 cm³/mol. The highest BCUT2D eigenvalue weighted by Crippen LogP contribution is 2.24. The highest BCUT2D eigenvalue weighted by molar-refractivity contribution is 6.30. The zero-order valence-electron chi connectivity index (χ0n) is 15.9. The summed E-state index contributed by atoms with van der Waals surface area (Å²) in [7, 11) is 1.78. The van der Waals surface area contributed by atoms with Gasteiger partial charge in [0, 0.05) is 50.7 Å². The molecule has 0 aromatic heterocycles. The second-order valence-corrected chi connectivity index (χ2v) is 7.80. The van der Waals surface area contributed by atoms with Crippen molar-refractivity contribution in [2.45, 2.75) is 31.8 Å². The van der Waals surface area contributed by atoms with Crippen molar-refractivity contribution in [1.29, 1.82) is 0 Å². The molecule has 0 spiro atoms. The van der Waals surface area contributed by atoms with Gasteiger partial charge in [0.25, 0.3) is 0 Å². The summed E-state index contributed by atoms with van der Waals surface area (Å²) in [6, 6.07) is 7.47. The molecule has 148 valence electrons.